The Morgan fingerprint density at radius 1 is 1.07 bits per heavy atom. The number of halogens is 2. The van der Waals surface area contributed by atoms with Crippen molar-refractivity contribution in [2.45, 2.75) is 19.4 Å². The molecular weight excluding hydrogens is 370 g/mol. The standard InChI is InChI=1S/C19H20F2N4O3/c1-12(24-17(26)9-13-7-14(20)10-15(21)8-13)19(28)23-11-18(27)25(22)16-5-3-2-4-6-16/h2-8,10,12H,9,11,22H2,1H3,(H,23,28)(H,24,26)/t12-/m0/s1. The highest BCUT2D eigenvalue weighted by atomic mass is 19.1. The van der Waals surface area contributed by atoms with Crippen LogP contribution in [0.25, 0.3) is 0 Å². The predicted octanol–water partition coefficient (Wildman–Crippen LogP) is 1.04. The molecule has 4 N–H and O–H groups in total. The van der Waals surface area contributed by atoms with E-state index in [1.807, 2.05) is 0 Å². The van der Waals surface area contributed by atoms with Gasteiger partial charge in [-0.3, -0.25) is 14.4 Å². The molecule has 0 fully saturated rings. The molecule has 0 aliphatic carbocycles. The molecule has 2 rings (SSSR count). The van der Waals surface area contributed by atoms with Gasteiger partial charge in [-0.1, -0.05) is 18.2 Å². The number of hydrogen-bond donors (Lipinski definition) is 3. The smallest absolute Gasteiger partial charge is 0.260 e. The molecule has 0 spiro atoms. The summed E-state index contributed by atoms with van der Waals surface area (Å²) in [6.07, 6.45) is -0.296. The summed E-state index contributed by atoms with van der Waals surface area (Å²) in [5.74, 6) is 2.36. The van der Waals surface area contributed by atoms with E-state index in [-0.39, 0.29) is 18.5 Å². The van der Waals surface area contributed by atoms with E-state index in [2.05, 4.69) is 10.6 Å². The lowest BCUT2D eigenvalue weighted by Crippen LogP contribution is -2.49. The Hall–Kier alpha value is -3.33. The Labute approximate surface area is 160 Å². The lowest BCUT2D eigenvalue weighted by atomic mass is 10.1. The molecule has 148 valence electrons. The number of hydrazine groups is 1. The van der Waals surface area contributed by atoms with Gasteiger partial charge in [-0.15, -0.1) is 0 Å². The van der Waals surface area contributed by atoms with Crippen LogP contribution in [0.5, 0.6) is 0 Å². The molecule has 9 heteroatoms. The summed E-state index contributed by atoms with van der Waals surface area (Å²) in [6.45, 7) is 1.06. The summed E-state index contributed by atoms with van der Waals surface area (Å²) in [7, 11) is 0. The highest BCUT2D eigenvalue weighted by molar-refractivity contribution is 5.96. The van der Waals surface area contributed by atoms with Crippen LogP contribution in [0.1, 0.15) is 12.5 Å². The van der Waals surface area contributed by atoms with Crippen LogP contribution < -0.4 is 21.5 Å². The van der Waals surface area contributed by atoms with Gasteiger partial charge >= 0.3 is 0 Å². The third kappa shape index (κ3) is 6.13. The molecule has 0 heterocycles. The van der Waals surface area contributed by atoms with Crippen molar-refractivity contribution in [3.05, 3.63) is 65.7 Å². The first kappa shape index (κ1) is 21.0. The molecule has 28 heavy (non-hydrogen) atoms. The fraction of sp³-hybridized carbons (Fsp3) is 0.211. The number of para-hydroxylation sites is 1. The molecular formula is C19H20F2N4O3. The molecule has 0 saturated carbocycles. The van der Waals surface area contributed by atoms with E-state index < -0.39 is 35.4 Å². The Bertz CT molecular complexity index is 841. The Morgan fingerprint density at radius 2 is 1.68 bits per heavy atom. The molecule has 2 aromatic rings. The van der Waals surface area contributed by atoms with Crippen LogP contribution >= 0.6 is 0 Å². The summed E-state index contributed by atoms with van der Waals surface area (Å²) in [6, 6.07) is 10.3. The summed E-state index contributed by atoms with van der Waals surface area (Å²) in [5.41, 5.74) is 0.602. The minimum absolute atomic E-state index is 0.138. The number of nitrogens with one attached hydrogen (secondary N) is 2. The van der Waals surface area contributed by atoms with Crippen LogP contribution in [0, 0.1) is 11.6 Å². The van der Waals surface area contributed by atoms with Crippen molar-refractivity contribution >= 4 is 23.4 Å². The van der Waals surface area contributed by atoms with Crippen LogP contribution in [0.2, 0.25) is 0 Å². The first-order valence-corrected chi connectivity index (χ1v) is 8.41. The minimum atomic E-state index is -0.957. The van der Waals surface area contributed by atoms with Gasteiger partial charge in [-0.2, -0.15) is 0 Å². The number of anilines is 1. The zero-order valence-corrected chi connectivity index (χ0v) is 15.1. The molecule has 7 nitrogen and oxygen atoms in total. The van der Waals surface area contributed by atoms with Gasteiger partial charge in [0, 0.05) is 6.07 Å². The van der Waals surface area contributed by atoms with Crippen LogP contribution in [-0.4, -0.2) is 30.3 Å². The first-order chi connectivity index (χ1) is 13.3. The summed E-state index contributed by atoms with van der Waals surface area (Å²) < 4.78 is 26.3. The van der Waals surface area contributed by atoms with Gasteiger partial charge in [-0.05, 0) is 36.8 Å². The number of benzene rings is 2. The van der Waals surface area contributed by atoms with Crippen molar-refractivity contribution in [1.82, 2.24) is 10.6 Å². The highest BCUT2D eigenvalue weighted by Crippen LogP contribution is 2.09. The Kier molecular flexibility index (Phi) is 7.16. The van der Waals surface area contributed by atoms with Gasteiger partial charge in [0.1, 0.15) is 17.7 Å². The van der Waals surface area contributed by atoms with Crippen molar-refractivity contribution in [2.24, 2.45) is 5.84 Å². The third-order valence-corrected chi connectivity index (χ3v) is 3.77. The fourth-order valence-corrected chi connectivity index (χ4v) is 2.39. The molecule has 0 aliphatic rings. The van der Waals surface area contributed by atoms with Crippen LogP contribution in [0.15, 0.2) is 48.5 Å². The average molecular weight is 390 g/mol. The second-order valence-corrected chi connectivity index (χ2v) is 6.06. The lowest BCUT2D eigenvalue weighted by molar-refractivity contribution is -0.129. The molecule has 2 aromatic carbocycles. The SMILES string of the molecule is C[C@H](NC(=O)Cc1cc(F)cc(F)c1)C(=O)NCC(=O)N(N)c1ccccc1. The predicted molar refractivity (Wildman–Crippen MR) is 98.8 cm³/mol. The van der Waals surface area contributed by atoms with Crippen molar-refractivity contribution in [2.75, 3.05) is 11.6 Å². The zero-order chi connectivity index (χ0) is 20.7. The minimum Gasteiger partial charge on any atom is -0.345 e. The van der Waals surface area contributed by atoms with Gasteiger partial charge in [0.05, 0.1) is 18.7 Å². The van der Waals surface area contributed by atoms with E-state index in [1.54, 1.807) is 30.3 Å². The third-order valence-electron chi connectivity index (χ3n) is 3.77. The maximum atomic E-state index is 13.2. The van der Waals surface area contributed by atoms with Crippen molar-refractivity contribution in [3.63, 3.8) is 0 Å². The second kappa shape index (κ2) is 9.56. The second-order valence-electron chi connectivity index (χ2n) is 6.06. The van der Waals surface area contributed by atoms with Gasteiger partial charge in [0.2, 0.25) is 11.8 Å². The lowest BCUT2D eigenvalue weighted by Gasteiger charge is -2.18. The van der Waals surface area contributed by atoms with E-state index in [1.165, 1.54) is 6.92 Å². The molecule has 0 aliphatic heterocycles. The topological polar surface area (TPSA) is 105 Å². The van der Waals surface area contributed by atoms with Crippen molar-refractivity contribution in [3.8, 4) is 0 Å². The number of nitrogens with zero attached hydrogens (tertiary/aromatic N) is 1. The van der Waals surface area contributed by atoms with E-state index in [0.29, 0.717) is 11.8 Å². The van der Waals surface area contributed by atoms with Crippen molar-refractivity contribution in [1.29, 1.82) is 0 Å². The first-order valence-electron chi connectivity index (χ1n) is 8.41. The number of rotatable bonds is 7. The normalized spacial score (nSPS) is 11.4. The van der Waals surface area contributed by atoms with Crippen LogP contribution in [0.3, 0.4) is 0 Å². The van der Waals surface area contributed by atoms with Crippen LogP contribution in [-0.2, 0) is 20.8 Å². The fourth-order valence-electron chi connectivity index (χ4n) is 2.39. The Balaban J connectivity index is 1.81. The maximum absolute atomic E-state index is 13.2. The average Bonchev–Trinajstić information content (AvgIpc) is 2.64. The molecule has 0 saturated heterocycles. The number of carbonyl (C=O) groups is 3. The number of hydrogen-bond acceptors (Lipinski definition) is 4. The van der Waals surface area contributed by atoms with E-state index >= 15 is 0 Å². The maximum Gasteiger partial charge on any atom is 0.260 e. The van der Waals surface area contributed by atoms with Gasteiger partial charge in [0.25, 0.3) is 5.91 Å². The number of amides is 3. The van der Waals surface area contributed by atoms with Crippen LogP contribution in [0.4, 0.5) is 14.5 Å². The highest BCUT2D eigenvalue weighted by Gasteiger charge is 2.18. The number of carbonyl (C=O) groups excluding carboxylic acids is 3. The molecule has 0 radical (unpaired) electrons. The van der Waals surface area contributed by atoms with E-state index in [4.69, 9.17) is 5.84 Å². The van der Waals surface area contributed by atoms with Gasteiger partial charge < -0.3 is 10.6 Å². The quantitative estimate of drug-likeness (QED) is 0.373. The molecule has 0 bridgehead atoms. The van der Waals surface area contributed by atoms with E-state index in [0.717, 1.165) is 17.1 Å². The summed E-state index contributed by atoms with van der Waals surface area (Å²) in [4.78, 5) is 36.0. The number of nitrogens with two attached hydrogens (primary N) is 1. The zero-order valence-electron chi connectivity index (χ0n) is 15.1. The molecule has 1 atom stereocenters. The molecule has 0 unspecified atom stereocenters. The van der Waals surface area contributed by atoms with Gasteiger partial charge in [0.15, 0.2) is 0 Å². The van der Waals surface area contributed by atoms with E-state index in [9.17, 15) is 23.2 Å². The molecule has 3 amide bonds. The summed E-state index contributed by atoms with van der Waals surface area (Å²) >= 11 is 0. The van der Waals surface area contributed by atoms with Gasteiger partial charge in [-0.25, -0.2) is 19.6 Å². The monoisotopic (exact) mass is 390 g/mol. The van der Waals surface area contributed by atoms with Crippen molar-refractivity contribution < 1.29 is 23.2 Å². The largest absolute Gasteiger partial charge is 0.345 e. The molecule has 0 aromatic heterocycles. The summed E-state index contributed by atoms with van der Waals surface area (Å²) in [5, 5.41) is 5.68. The Morgan fingerprint density at radius 3 is 2.29 bits per heavy atom.